The van der Waals surface area contributed by atoms with E-state index in [4.69, 9.17) is 5.53 Å². The zero-order chi connectivity index (χ0) is 7.98. The summed E-state index contributed by atoms with van der Waals surface area (Å²) >= 11 is 0. The Morgan fingerprint density at radius 2 is 2.40 bits per heavy atom. The molecule has 0 aromatic carbocycles. The van der Waals surface area contributed by atoms with Crippen LogP contribution in [-0.4, -0.2) is 17.8 Å². The first-order valence-electron chi connectivity index (χ1n) is 2.64. The number of carbonyl (C=O) groups excluding carboxylic acids is 1. The third-order valence-electron chi connectivity index (χ3n) is 0.679. The van der Waals surface area contributed by atoms with Gasteiger partial charge in [0.15, 0.2) is 5.02 Å². The van der Waals surface area contributed by atoms with Crippen molar-refractivity contribution in [2.24, 2.45) is 0 Å². The molecule has 0 fully saturated rings. The summed E-state index contributed by atoms with van der Waals surface area (Å²) in [7, 11) is 0. The molecule has 0 rings (SSSR count). The second-order valence-electron chi connectivity index (χ2n) is 1.37. The Bertz CT molecular complexity index is 135. The number of hydrogen-bond acceptors (Lipinski definition) is 5. The van der Waals surface area contributed by atoms with Gasteiger partial charge in [0.25, 0.3) is 0 Å². The average molecular weight is 148 g/mol. The highest BCUT2D eigenvalue weighted by atomic mass is 16.9. The lowest BCUT2D eigenvalue weighted by Crippen LogP contribution is -2.10. The molecule has 0 unspecified atom stereocenters. The van der Waals surface area contributed by atoms with E-state index in [9.17, 15) is 10.0 Å². The van der Waals surface area contributed by atoms with Gasteiger partial charge in [-0.25, -0.2) is 5.21 Å². The second kappa shape index (κ2) is 4.54. The van der Waals surface area contributed by atoms with Gasteiger partial charge in [0.1, 0.15) is 0 Å². The fourth-order valence-electron chi connectivity index (χ4n) is 0.242. The van der Waals surface area contributed by atoms with Gasteiger partial charge in [0.2, 0.25) is 6.79 Å². The number of rotatable bonds is 4. The molecule has 6 nitrogen and oxygen atoms in total. The molecule has 0 aliphatic carbocycles. The quantitative estimate of drug-likeness (QED) is 0.270. The molecule has 6 heteroatoms. The van der Waals surface area contributed by atoms with Gasteiger partial charge in [0, 0.05) is 12.0 Å². The van der Waals surface area contributed by atoms with Crippen LogP contribution >= 0.6 is 0 Å². The number of carbonyl (C=O) groups is 1. The Balaban J connectivity index is 3.20. The van der Waals surface area contributed by atoms with Crippen LogP contribution in [0.4, 0.5) is 0 Å². The highest BCUT2D eigenvalue weighted by Crippen LogP contribution is 1.84. The molecule has 1 N–H and O–H groups in total. The van der Waals surface area contributed by atoms with E-state index in [1.807, 2.05) is 0 Å². The molecule has 0 aromatic heterocycles. The predicted octanol–water partition coefficient (Wildman–Crippen LogP) is 0.370. The molecule has 10 heavy (non-hydrogen) atoms. The second-order valence-corrected chi connectivity index (χ2v) is 1.37. The highest BCUT2D eigenvalue weighted by molar-refractivity contribution is 5.68. The lowest BCUT2D eigenvalue weighted by atomic mass is 10.5. The topological polar surface area (TPSA) is 85.5 Å². The lowest BCUT2D eigenvalue weighted by molar-refractivity contribution is -0.813. The summed E-state index contributed by atoms with van der Waals surface area (Å²) in [4.78, 5) is 14.2. The van der Waals surface area contributed by atoms with Gasteiger partial charge in [-0.15, -0.1) is 0 Å². The summed E-state index contributed by atoms with van der Waals surface area (Å²) in [5.41, 5.74) is 6.14. The molecule has 0 aliphatic heterocycles. The molecule has 0 bridgehead atoms. The third kappa shape index (κ3) is 4.82. The van der Waals surface area contributed by atoms with E-state index in [0.717, 1.165) is 0 Å². The highest BCUT2D eigenvalue weighted by Gasteiger charge is 1.96. The largest absolute Gasteiger partial charge is 0.448 e. The first kappa shape index (κ1) is 8.67. The monoisotopic (exact) mass is 148 g/mol. The lowest BCUT2D eigenvalue weighted by Gasteiger charge is -2.02. The molecule has 0 aromatic rings. The zero-order valence-electron chi connectivity index (χ0n) is 5.49. The number of hydrogen-bond donors (Lipinski definition) is 1. The van der Waals surface area contributed by atoms with Crippen LogP contribution in [0.2, 0.25) is 0 Å². The molecule has 0 spiro atoms. The Hall–Kier alpha value is -1.33. The molecule has 0 atom stereocenters. The molecule has 0 aliphatic rings. The van der Waals surface area contributed by atoms with Crippen LogP contribution in [0.25, 0.3) is 0 Å². The summed E-state index contributed by atoms with van der Waals surface area (Å²) in [5, 5.41) is 9.16. The third-order valence-corrected chi connectivity index (χ3v) is 0.679. The Morgan fingerprint density at radius 1 is 1.80 bits per heavy atom. The molecule has 0 amide bonds. The van der Waals surface area contributed by atoms with E-state index in [1.165, 1.54) is 0 Å². The van der Waals surface area contributed by atoms with Crippen molar-refractivity contribution in [3.8, 4) is 0 Å². The number of nitrogens with zero attached hydrogens (tertiary/aromatic N) is 1. The first-order chi connectivity index (χ1) is 4.66. The SMILES string of the molecule is CCC(=O)OCO[N+](=N)[O-]. The summed E-state index contributed by atoms with van der Waals surface area (Å²) in [6.45, 7) is 1.11. The van der Waals surface area contributed by atoms with Crippen molar-refractivity contribution in [2.75, 3.05) is 6.79 Å². The van der Waals surface area contributed by atoms with Crippen molar-refractivity contribution >= 4 is 5.97 Å². The van der Waals surface area contributed by atoms with E-state index < -0.39 is 17.8 Å². The Kier molecular flexibility index (Phi) is 3.94. The number of esters is 1. The van der Waals surface area contributed by atoms with Crippen LogP contribution in [0.1, 0.15) is 13.3 Å². The van der Waals surface area contributed by atoms with Gasteiger partial charge < -0.3 is 9.57 Å². The Morgan fingerprint density at radius 3 is 2.80 bits per heavy atom. The molecular formula is C4H8N2O4. The normalized spacial score (nSPS) is 8.50. The smallest absolute Gasteiger partial charge is 0.306 e. The van der Waals surface area contributed by atoms with Gasteiger partial charge in [0.05, 0.1) is 0 Å². The van der Waals surface area contributed by atoms with Crippen LogP contribution in [0.3, 0.4) is 0 Å². The van der Waals surface area contributed by atoms with E-state index in [-0.39, 0.29) is 6.42 Å². The first-order valence-corrected chi connectivity index (χ1v) is 2.64. The van der Waals surface area contributed by atoms with E-state index in [0.29, 0.717) is 0 Å². The summed E-state index contributed by atoms with van der Waals surface area (Å²) in [6.07, 6.45) is 0.222. The summed E-state index contributed by atoms with van der Waals surface area (Å²) in [6, 6.07) is 0. The number of ether oxygens (including phenoxy) is 1. The van der Waals surface area contributed by atoms with Crippen LogP contribution < -0.4 is 0 Å². The van der Waals surface area contributed by atoms with E-state index in [2.05, 4.69) is 9.57 Å². The molecule has 0 heterocycles. The van der Waals surface area contributed by atoms with E-state index >= 15 is 0 Å². The number of nitrogens with one attached hydrogen (secondary N) is 1. The maximum Gasteiger partial charge on any atom is 0.306 e. The van der Waals surface area contributed by atoms with Gasteiger partial charge in [-0.2, -0.15) is 0 Å². The van der Waals surface area contributed by atoms with Crippen molar-refractivity contribution in [3.05, 3.63) is 5.21 Å². The molecule has 0 saturated carbocycles. The van der Waals surface area contributed by atoms with Gasteiger partial charge in [-0.3, -0.25) is 4.79 Å². The minimum atomic E-state index is -0.525. The zero-order valence-corrected chi connectivity index (χ0v) is 5.49. The predicted molar refractivity (Wildman–Crippen MR) is 28.7 cm³/mol. The molecule has 0 radical (unpaired) electrons. The van der Waals surface area contributed by atoms with Crippen molar-refractivity contribution in [1.29, 1.82) is 5.53 Å². The minimum Gasteiger partial charge on any atom is -0.448 e. The maximum absolute atomic E-state index is 10.3. The van der Waals surface area contributed by atoms with Crippen LogP contribution in [0.15, 0.2) is 0 Å². The Labute approximate surface area is 57.4 Å². The van der Waals surface area contributed by atoms with Crippen molar-refractivity contribution < 1.29 is 19.4 Å². The van der Waals surface area contributed by atoms with Gasteiger partial charge in [-0.1, -0.05) is 6.92 Å². The minimum absolute atomic E-state index is 0.222. The van der Waals surface area contributed by atoms with Crippen LogP contribution in [-0.2, 0) is 14.4 Å². The molecule has 58 valence electrons. The van der Waals surface area contributed by atoms with Crippen molar-refractivity contribution in [2.45, 2.75) is 13.3 Å². The fourth-order valence-corrected chi connectivity index (χ4v) is 0.242. The summed E-state index contributed by atoms with van der Waals surface area (Å²) < 4.78 is 4.28. The van der Waals surface area contributed by atoms with Gasteiger partial charge >= 0.3 is 5.97 Å². The van der Waals surface area contributed by atoms with Crippen molar-refractivity contribution in [1.82, 2.24) is 0 Å². The van der Waals surface area contributed by atoms with Crippen LogP contribution in [0.5, 0.6) is 0 Å². The van der Waals surface area contributed by atoms with E-state index in [1.54, 1.807) is 6.92 Å². The van der Waals surface area contributed by atoms with Gasteiger partial charge in [-0.05, 0) is 0 Å². The summed E-state index contributed by atoms with van der Waals surface area (Å²) in [5.74, 6) is -0.471. The van der Waals surface area contributed by atoms with Crippen LogP contribution in [0, 0.1) is 10.7 Å². The average Bonchev–Trinajstić information content (AvgIpc) is 1.87. The fraction of sp³-hybridized carbons (Fsp3) is 0.750. The maximum atomic E-state index is 10.3. The molecule has 0 saturated heterocycles. The standard InChI is InChI=1S/C4H8N2O4/c1-2-4(7)9-3-10-6(5)8/h5H,2-3H2,1H3. The molecular weight excluding hydrogens is 140 g/mol. The van der Waals surface area contributed by atoms with Crippen molar-refractivity contribution in [3.63, 3.8) is 0 Å².